The molecule has 0 spiro atoms. The van der Waals surface area contributed by atoms with Crippen molar-refractivity contribution in [1.82, 2.24) is 19.3 Å². The summed E-state index contributed by atoms with van der Waals surface area (Å²) in [6, 6.07) is 4.20. The van der Waals surface area contributed by atoms with Crippen LogP contribution in [-0.2, 0) is 5.41 Å². The molecule has 4 rings (SSSR count). The minimum absolute atomic E-state index is 0.0330. The molecule has 1 aliphatic heterocycles. The highest BCUT2D eigenvalue weighted by Crippen LogP contribution is 2.25. The maximum atomic E-state index is 12.8. The van der Waals surface area contributed by atoms with Crippen molar-refractivity contribution in [3.8, 4) is 0 Å². The monoisotopic (exact) mass is 397 g/mol. The average molecular weight is 398 g/mol. The smallest absolute Gasteiger partial charge is 0.265 e. The van der Waals surface area contributed by atoms with Crippen LogP contribution in [0.25, 0.3) is 5.65 Å². The van der Waals surface area contributed by atoms with Crippen molar-refractivity contribution in [1.29, 1.82) is 0 Å². The summed E-state index contributed by atoms with van der Waals surface area (Å²) < 4.78 is 2.11. The van der Waals surface area contributed by atoms with Gasteiger partial charge in [-0.3, -0.25) is 4.79 Å². The Morgan fingerprint density at radius 2 is 1.75 bits per heavy atom. The first-order chi connectivity index (χ1) is 13.2. The summed E-state index contributed by atoms with van der Waals surface area (Å²) >= 11 is 1.49. The Bertz CT molecular complexity index is 1020. The van der Waals surface area contributed by atoms with E-state index in [1.807, 2.05) is 18.7 Å². The van der Waals surface area contributed by atoms with Crippen LogP contribution in [0.5, 0.6) is 0 Å². The van der Waals surface area contributed by atoms with E-state index in [9.17, 15) is 4.79 Å². The summed E-state index contributed by atoms with van der Waals surface area (Å²) in [5.74, 6) is 0.114. The second-order valence-corrected chi connectivity index (χ2v) is 9.66. The number of aromatic nitrogens is 3. The number of piperazine rings is 1. The molecule has 7 heteroatoms. The van der Waals surface area contributed by atoms with Crippen LogP contribution in [-0.4, -0.2) is 51.4 Å². The average Bonchev–Trinajstić information content (AvgIpc) is 3.23. The molecular weight excluding hydrogens is 370 g/mol. The van der Waals surface area contributed by atoms with Crippen LogP contribution in [0.4, 0.5) is 5.69 Å². The fourth-order valence-corrected chi connectivity index (χ4v) is 4.46. The summed E-state index contributed by atoms with van der Waals surface area (Å²) in [4.78, 5) is 27.0. The van der Waals surface area contributed by atoms with Gasteiger partial charge in [0.05, 0.1) is 22.1 Å². The Morgan fingerprint density at radius 1 is 1.04 bits per heavy atom. The normalized spacial score (nSPS) is 15.5. The first-order valence-corrected chi connectivity index (χ1v) is 10.5. The number of aryl methyl sites for hydroxylation is 2. The van der Waals surface area contributed by atoms with E-state index in [-0.39, 0.29) is 11.3 Å². The molecule has 1 amide bonds. The number of carbonyl (C=O) groups excluding carboxylic acids is 1. The Morgan fingerprint density at radius 3 is 2.36 bits per heavy atom. The molecule has 3 aromatic heterocycles. The third-order valence-corrected chi connectivity index (χ3v) is 6.29. The number of amides is 1. The van der Waals surface area contributed by atoms with Gasteiger partial charge in [0.1, 0.15) is 10.5 Å². The number of thiazole rings is 1. The van der Waals surface area contributed by atoms with Crippen molar-refractivity contribution in [2.45, 2.75) is 40.0 Å². The van der Waals surface area contributed by atoms with E-state index in [0.29, 0.717) is 0 Å². The van der Waals surface area contributed by atoms with Crippen LogP contribution in [0.2, 0.25) is 0 Å². The van der Waals surface area contributed by atoms with Gasteiger partial charge >= 0.3 is 0 Å². The molecule has 0 unspecified atom stereocenters. The third kappa shape index (κ3) is 3.51. The van der Waals surface area contributed by atoms with Crippen molar-refractivity contribution >= 4 is 28.6 Å². The number of rotatable bonds is 2. The molecule has 1 aliphatic rings. The van der Waals surface area contributed by atoms with Crippen molar-refractivity contribution < 1.29 is 4.79 Å². The highest BCUT2D eigenvalue weighted by molar-refractivity contribution is 7.13. The van der Waals surface area contributed by atoms with Gasteiger partial charge in [-0.1, -0.05) is 20.8 Å². The van der Waals surface area contributed by atoms with Crippen LogP contribution in [0, 0.1) is 13.8 Å². The lowest BCUT2D eigenvalue weighted by atomic mass is 9.93. The minimum atomic E-state index is 0.0330. The number of imidazole rings is 1. The number of pyridine rings is 1. The molecule has 148 valence electrons. The molecule has 3 aromatic rings. The van der Waals surface area contributed by atoms with E-state index < -0.39 is 0 Å². The van der Waals surface area contributed by atoms with E-state index in [2.05, 4.69) is 59.6 Å². The lowest BCUT2D eigenvalue weighted by Crippen LogP contribution is -2.48. The Balaban J connectivity index is 1.47. The fraction of sp³-hybridized carbons (Fsp3) is 0.476. The molecule has 4 heterocycles. The van der Waals surface area contributed by atoms with E-state index in [4.69, 9.17) is 4.98 Å². The number of fused-ring (bicyclic) bond motifs is 1. The lowest BCUT2D eigenvalue weighted by Gasteiger charge is -2.36. The first kappa shape index (κ1) is 18.9. The van der Waals surface area contributed by atoms with Gasteiger partial charge < -0.3 is 14.2 Å². The van der Waals surface area contributed by atoms with E-state index in [1.165, 1.54) is 17.0 Å². The molecule has 0 radical (unpaired) electrons. The van der Waals surface area contributed by atoms with Gasteiger partial charge in [-0.05, 0) is 26.0 Å². The van der Waals surface area contributed by atoms with Crippen LogP contribution in [0.15, 0.2) is 24.5 Å². The number of carbonyl (C=O) groups is 1. The summed E-state index contributed by atoms with van der Waals surface area (Å²) in [7, 11) is 0. The summed E-state index contributed by atoms with van der Waals surface area (Å²) in [6.45, 7) is 13.5. The number of hydrogen-bond donors (Lipinski definition) is 0. The SMILES string of the molecule is Cc1nc(C)c(C(=O)N2CCN(c3ccc4nc(C(C)(C)C)cn4c3)CC2)s1. The van der Waals surface area contributed by atoms with Crippen LogP contribution in [0.3, 0.4) is 0 Å². The molecule has 0 aromatic carbocycles. The minimum Gasteiger partial charge on any atom is -0.367 e. The summed E-state index contributed by atoms with van der Waals surface area (Å²) in [5.41, 5.74) is 4.11. The van der Waals surface area contributed by atoms with Gasteiger partial charge in [0.15, 0.2) is 0 Å². The maximum absolute atomic E-state index is 12.8. The van der Waals surface area contributed by atoms with Gasteiger partial charge in [-0.15, -0.1) is 11.3 Å². The molecule has 0 N–H and O–H groups in total. The van der Waals surface area contributed by atoms with Gasteiger partial charge in [-0.25, -0.2) is 9.97 Å². The Kier molecular flexibility index (Phi) is 4.65. The summed E-state index contributed by atoms with van der Waals surface area (Å²) in [5, 5.41) is 0.947. The molecular formula is C21H27N5OS. The molecule has 0 atom stereocenters. The lowest BCUT2D eigenvalue weighted by molar-refractivity contribution is 0.0750. The zero-order valence-corrected chi connectivity index (χ0v) is 18.0. The van der Waals surface area contributed by atoms with E-state index >= 15 is 0 Å². The highest BCUT2D eigenvalue weighted by Gasteiger charge is 2.25. The Labute approximate surface area is 169 Å². The van der Waals surface area contributed by atoms with Crippen molar-refractivity contribution in [3.63, 3.8) is 0 Å². The molecule has 6 nitrogen and oxygen atoms in total. The van der Waals surface area contributed by atoms with Crippen molar-refractivity contribution in [3.05, 3.63) is 45.8 Å². The highest BCUT2D eigenvalue weighted by atomic mass is 32.1. The standard InChI is InChI=1S/C21H27N5OS/c1-14-19(28-15(2)22-14)20(27)25-10-8-24(9-11-25)16-6-7-18-23-17(21(3,4)5)13-26(18)12-16/h6-7,12-13H,8-11H2,1-5H3. The van der Waals surface area contributed by atoms with Crippen molar-refractivity contribution in [2.24, 2.45) is 0 Å². The molecule has 1 saturated heterocycles. The molecule has 0 aliphatic carbocycles. The van der Waals surface area contributed by atoms with Gasteiger partial charge in [0.2, 0.25) is 0 Å². The van der Waals surface area contributed by atoms with Gasteiger partial charge in [0.25, 0.3) is 5.91 Å². The van der Waals surface area contributed by atoms with Gasteiger partial charge in [0, 0.05) is 44.0 Å². The van der Waals surface area contributed by atoms with Crippen LogP contribution < -0.4 is 4.90 Å². The molecule has 1 fully saturated rings. The second-order valence-electron chi connectivity index (χ2n) is 8.46. The maximum Gasteiger partial charge on any atom is 0.265 e. The van der Waals surface area contributed by atoms with E-state index in [1.54, 1.807) is 0 Å². The molecule has 0 saturated carbocycles. The van der Waals surface area contributed by atoms with E-state index in [0.717, 1.165) is 53.1 Å². The third-order valence-electron chi connectivity index (χ3n) is 5.23. The predicted octanol–water partition coefficient (Wildman–Crippen LogP) is 3.67. The quantitative estimate of drug-likeness (QED) is 0.662. The largest absolute Gasteiger partial charge is 0.367 e. The predicted molar refractivity (Wildman–Crippen MR) is 114 cm³/mol. The molecule has 0 bridgehead atoms. The van der Waals surface area contributed by atoms with Gasteiger partial charge in [-0.2, -0.15) is 0 Å². The molecule has 28 heavy (non-hydrogen) atoms. The number of hydrogen-bond acceptors (Lipinski definition) is 5. The zero-order chi connectivity index (χ0) is 20.1. The second kappa shape index (κ2) is 6.88. The van der Waals surface area contributed by atoms with Crippen molar-refractivity contribution in [2.75, 3.05) is 31.1 Å². The van der Waals surface area contributed by atoms with Crippen LogP contribution >= 0.6 is 11.3 Å². The summed E-state index contributed by atoms with van der Waals surface area (Å²) in [6.07, 6.45) is 4.26. The number of nitrogens with zero attached hydrogens (tertiary/aromatic N) is 5. The van der Waals surface area contributed by atoms with Crippen LogP contribution in [0.1, 0.15) is 46.8 Å². The Hall–Kier alpha value is -2.41. The first-order valence-electron chi connectivity index (χ1n) is 9.70. The topological polar surface area (TPSA) is 53.7 Å². The zero-order valence-electron chi connectivity index (χ0n) is 17.2. The number of anilines is 1. The fourth-order valence-electron chi connectivity index (χ4n) is 3.57.